The molecule has 0 aliphatic carbocycles. The Morgan fingerprint density at radius 3 is 2.71 bits per heavy atom. The maximum Gasteiger partial charge on any atom is 0.239 e. The zero-order chi connectivity index (χ0) is 10.7. The van der Waals surface area contributed by atoms with Crippen molar-refractivity contribution in [2.45, 2.75) is 26.0 Å². The van der Waals surface area contributed by atoms with Gasteiger partial charge in [0, 0.05) is 5.38 Å². The summed E-state index contributed by atoms with van der Waals surface area (Å²) in [6.07, 6.45) is 0. The summed E-state index contributed by atoms with van der Waals surface area (Å²) in [7, 11) is 0. The molecule has 0 radical (unpaired) electrons. The van der Waals surface area contributed by atoms with Crippen molar-refractivity contribution in [1.82, 2.24) is 4.98 Å². The zero-order valence-electron chi connectivity index (χ0n) is 8.44. The van der Waals surface area contributed by atoms with Gasteiger partial charge in [0.1, 0.15) is 0 Å². The molecule has 1 unspecified atom stereocenters. The molecular formula is C9H14N2OS2. The maximum absolute atomic E-state index is 11.5. The first-order chi connectivity index (χ1) is 6.50. The molecule has 0 aromatic carbocycles. The first kappa shape index (κ1) is 11.5. The van der Waals surface area contributed by atoms with Crippen LogP contribution in [-0.4, -0.2) is 16.1 Å². The van der Waals surface area contributed by atoms with Gasteiger partial charge in [-0.2, -0.15) is 12.6 Å². The van der Waals surface area contributed by atoms with Crippen LogP contribution in [0.15, 0.2) is 5.38 Å². The number of nitrogens with zero attached hydrogens (tertiary/aromatic N) is 1. The Labute approximate surface area is 93.3 Å². The number of aromatic nitrogens is 1. The topological polar surface area (TPSA) is 42.0 Å². The van der Waals surface area contributed by atoms with Crippen molar-refractivity contribution in [2.75, 3.05) is 5.32 Å². The quantitative estimate of drug-likeness (QED) is 0.783. The predicted octanol–water partition coefficient (Wildman–Crippen LogP) is 2.34. The summed E-state index contributed by atoms with van der Waals surface area (Å²) in [5.41, 5.74) is 0.922. The summed E-state index contributed by atoms with van der Waals surface area (Å²) in [5.74, 6) is 0.136. The predicted molar refractivity (Wildman–Crippen MR) is 63.1 cm³/mol. The molecule has 0 spiro atoms. The van der Waals surface area contributed by atoms with E-state index in [0.29, 0.717) is 5.13 Å². The molecule has 14 heavy (non-hydrogen) atoms. The number of carbonyl (C=O) groups is 1. The number of aryl methyl sites for hydroxylation is 1. The van der Waals surface area contributed by atoms with Crippen LogP contribution in [0.5, 0.6) is 0 Å². The molecule has 0 bridgehead atoms. The van der Waals surface area contributed by atoms with E-state index in [1.807, 2.05) is 26.2 Å². The SMILES string of the molecule is Cc1csc(NC(=O)C(S)C(C)C)n1. The van der Waals surface area contributed by atoms with Gasteiger partial charge >= 0.3 is 0 Å². The third-order valence-electron chi connectivity index (χ3n) is 1.75. The zero-order valence-corrected chi connectivity index (χ0v) is 10.2. The number of anilines is 1. The highest BCUT2D eigenvalue weighted by Crippen LogP contribution is 2.17. The summed E-state index contributed by atoms with van der Waals surface area (Å²) >= 11 is 5.65. The standard InChI is InChI=1S/C9H14N2OS2/c1-5(2)7(13)8(12)11-9-10-6(3)4-14-9/h4-5,7,13H,1-3H3,(H,10,11,12). The van der Waals surface area contributed by atoms with Crippen molar-refractivity contribution in [3.63, 3.8) is 0 Å². The second-order valence-electron chi connectivity index (χ2n) is 3.47. The average molecular weight is 230 g/mol. The van der Waals surface area contributed by atoms with Gasteiger partial charge in [-0.3, -0.25) is 4.79 Å². The number of hydrogen-bond acceptors (Lipinski definition) is 4. The number of carbonyl (C=O) groups excluding carboxylic acids is 1. The second-order valence-corrected chi connectivity index (χ2v) is 4.89. The van der Waals surface area contributed by atoms with Crippen LogP contribution >= 0.6 is 24.0 Å². The summed E-state index contributed by atoms with van der Waals surface area (Å²) in [6, 6.07) is 0. The van der Waals surface area contributed by atoms with Gasteiger partial charge in [-0.25, -0.2) is 4.98 Å². The van der Waals surface area contributed by atoms with Gasteiger partial charge in [0.2, 0.25) is 5.91 Å². The van der Waals surface area contributed by atoms with Gasteiger partial charge in [0.15, 0.2) is 5.13 Å². The molecule has 3 nitrogen and oxygen atoms in total. The van der Waals surface area contributed by atoms with Crippen molar-refractivity contribution in [3.05, 3.63) is 11.1 Å². The van der Waals surface area contributed by atoms with Crippen LogP contribution in [0.3, 0.4) is 0 Å². The van der Waals surface area contributed by atoms with E-state index in [1.165, 1.54) is 11.3 Å². The number of hydrogen-bond donors (Lipinski definition) is 2. The Bertz CT molecular complexity index is 322. The Balaban J connectivity index is 2.57. The fourth-order valence-electron chi connectivity index (χ4n) is 0.893. The van der Waals surface area contributed by atoms with E-state index in [2.05, 4.69) is 22.9 Å². The normalized spacial score (nSPS) is 12.9. The van der Waals surface area contributed by atoms with Crippen molar-refractivity contribution in [2.24, 2.45) is 5.92 Å². The minimum atomic E-state index is -0.279. The van der Waals surface area contributed by atoms with Crippen LogP contribution in [0.2, 0.25) is 0 Å². The molecule has 1 aromatic rings. The number of amides is 1. The summed E-state index contributed by atoms with van der Waals surface area (Å²) < 4.78 is 0. The fourth-order valence-corrected chi connectivity index (χ4v) is 1.65. The van der Waals surface area contributed by atoms with E-state index in [4.69, 9.17) is 0 Å². The first-order valence-corrected chi connectivity index (χ1v) is 5.81. The molecule has 0 aliphatic rings. The molecule has 0 saturated heterocycles. The van der Waals surface area contributed by atoms with Gasteiger partial charge in [0.05, 0.1) is 10.9 Å². The summed E-state index contributed by atoms with van der Waals surface area (Å²) in [4.78, 5) is 15.7. The third kappa shape index (κ3) is 2.99. The Hall–Kier alpha value is -0.550. The van der Waals surface area contributed by atoms with Crippen LogP contribution in [-0.2, 0) is 4.79 Å². The molecule has 5 heteroatoms. The van der Waals surface area contributed by atoms with Gasteiger partial charge in [-0.15, -0.1) is 11.3 Å². The van der Waals surface area contributed by atoms with E-state index in [0.717, 1.165) is 5.69 Å². The lowest BCUT2D eigenvalue weighted by Crippen LogP contribution is -2.27. The fraction of sp³-hybridized carbons (Fsp3) is 0.556. The highest BCUT2D eigenvalue weighted by molar-refractivity contribution is 7.81. The smallest absolute Gasteiger partial charge is 0.239 e. The number of thiol groups is 1. The molecule has 1 N–H and O–H groups in total. The lowest BCUT2D eigenvalue weighted by atomic mass is 10.1. The number of rotatable bonds is 3. The van der Waals surface area contributed by atoms with Crippen LogP contribution in [0.25, 0.3) is 0 Å². The largest absolute Gasteiger partial charge is 0.301 e. The van der Waals surface area contributed by atoms with Crippen LogP contribution < -0.4 is 5.32 Å². The lowest BCUT2D eigenvalue weighted by Gasteiger charge is -2.12. The minimum absolute atomic E-state index is 0.0855. The lowest BCUT2D eigenvalue weighted by molar-refractivity contribution is -0.116. The average Bonchev–Trinajstić information content (AvgIpc) is 2.49. The second kappa shape index (κ2) is 4.79. The van der Waals surface area contributed by atoms with Crippen LogP contribution in [0, 0.1) is 12.8 Å². The van der Waals surface area contributed by atoms with Crippen LogP contribution in [0.4, 0.5) is 5.13 Å². The minimum Gasteiger partial charge on any atom is -0.301 e. The van der Waals surface area contributed by atoms with Gasteiger partial charge in [0.25, 0.3) is 0 Å². The molecule has 1 atom stereocenters. The molecule has 0 saturated carbocycles. The molecule has 1 amide bonds. The molecule has 1 rings (SSSR count). The van der Waals surface area contributed by atoms with Gasteiger partial charge in [-0.05, 0) is 12.8 Å². The molecule has 78 valence electrons. The molecule has 1 heterocycles. The Morgan fingerprint density at radius 2 is 2.29 bits per heavy atom. The summed E-state index contributed by atoms with van der Waals surface area (Å²) in [5, 5.41) is 5.00. The monoisotopic (exact) mass is 230 g/mol. The molecule has 0 fully saturated rings. The maximum atomic E-state index is 11.5. The third-order valence-corrected chi connectivity index (χ3v) is 3.46. The van der Waals surface area contributed by atoms with Gasteiger partial charge in [-0.1, -0.05) is 13.8 Å². The Kier molecular flexibility index (Phi) is 3.95. The highest BCUT2D eigenvalue weighted by atomic mass is 32.1. The van der Waals surface area contributed by atoms with E-state index < -0.39 is 0 Å². The molecule has 1 aromatic heterocycles. The van der Waals surface area contributed by atoms with Crippen LogP contribution in [0.1, 0.15) is 19.5 Å². The van der Waals surface area contributed by atoms with Gasteiger partial charge < -0.3 is 5.32 Å². The van der Waals surface area contributed by atoms with Crippen molar-refractivity contribution in [3.8, 4) is 0 Å². The van der Waals surface area contributed by atoms with Crippen molar-refractivity contribution in [1.29, 1.82) is 0 Å². The number of thiazole rings is 1. The van der Waals surface area contributed by atoms with E-state index in [-0.39, 0.29) is 17.1 Å². The van der Waals surface area contributed by atoms with Crippen molar-refractivity contribution >= 4 is 35.0 Å². The Morgan fingerprint density at radius 1 is 1.64 bits per heavy atom. The van der Waals surface area contributed by atoms with E-state index in [9.17, 15) is 4.79 Å². The summed E-state index contributed by atoms with van der Waals surface area (Å²) in [6.45, 7) is 5.82. The number of nitrogens with one attached hydrogen (secondary N) is 1. The van der Waals surface area contributed by atoms with E-state index >= 15 is 0 Å². The van der Waals surface area contributed by atoms with Crippen molar-refractivity contribution < 1.29 is 4.79 Å². The molecule has 0 aliphatic heterocycles. The van der Waals surface area contributed by atoms with E-state index in [1.54, 1.807) is 0 Å². The first-order valence-electron chi connectivity index (χ1n) is 4.41. The highest BCUT2D eigenvalue weighted by Gasteiger charge is 2.18. The molecular weight excluding hydrogens is 216 g/mol.